The molecule has 6 heteroatoms. The molecular formula is C14H16N2O4. The Kier molecular flexibility index (Phi) is 4.23. The molecule has 6 nitrogen and oxygen atoms in total. The Morgan fingerprint density at radius 3 is 2.60 bits per heavy atom. The van der Waals surface area contributed by atoms with E-state index in [0.717, 1.165) is 0 Å². The molecule has 1 aliphatic heterocycles. The first-order valence-corrected chi connectivity index (χ1v) is 6.11. The molecule has 1 aliphatic rings. The normalized spacial score (nSPS) is 17.2. The molecule has 1 atom stereocenters. The van der Waals surface area contributed by atoms with Gasteiger partial charge in [0.15, 0.2) is 6.29 Å². The Morgan fingerprint density at radius 1 is 1.35 bits per heavy atom. The molecule has 0 radical (unpaired) electrons. The van der Waals surface area contributed by atoms with Crippen molar-refractivity contribution >= 4 is 5.91 Å². The fourth-order valence-corrected chi connectivity index (χ4v) is 2.34. The van der Waals surface area contributed by atoms with Crippen LogP contribution >= 0.6 is 0 Å². The third kappa shape index (κ3) is 2.22. The fourth-order valence-electron chi connectivity index (χ4n) is 2.34. The highest BCUT2D eigenvalue weighted by Crippen LogP contribution is 2.38. The lowest BCUT2D eigenvalue weighted by Gasteiger charge is -2.24. The fraction of sp³-hybridized carbons (Fsp3) is 0.429. The van der Waals surface area contributed by atoms with Gasteiger partial charge in [-0.1, -0.05) is 12.1 Å². The molecule has 1 aromatic rings. The number of nitriles is 1. The van der Waals surface area contributed by atoms with Gasteiger partial charge in [0.2, 0.25) is 0 Å². The second kappa shape index (κ2) is 5.90. The van der Waals surface area contributed by atoms with Crippen molar-refractivity contribution in [2.75, 3.05) is 27.9 Å². The van der Waals surface area contributed by atoms with Crippen molar-refractivity contribution in [2.24, 2.45) is 0 Å². The van der Waals surface area contributed by atoms with Crippen molar-refractivity contribution in [2.45, 2.75) is 12.3 Å². The van der Waals surface area contributed by atoms with Gasteiger partial charge in [0.25, 0.3) is 5.91 Å². The van der Waals surface area contributed by atoms with E-state index in [1.807, 2.05) is 0 Å². The summed E-state index contributed by atoms with van der Waals surface area (Å²) in [7, 11) is 4.48. The molecule has 0 fully saturated rings. The Labute approximate surface area is 117 Å². The van der Waals surface area contributed by atoms with Crippen molar-refractivity contribution < 1.29 is 19.0 Å². The molecule has 0 N–H and O–H groups in total. The molecule has 0 saturated heterocycles. The van der Waals surface area contributed by atoms with Crippen LogP contribution < -0.4 is 4.74 Å². The van der Waals surface area contributed by atoms with E-state index in [2.05, 4.69) is 6.07 Å². The Balaban J connectivity index is 2.39. The predicted octanol–water partition coefficient (Wildman–Crippen LogP) is 1.33. The number of methoxy groups -OCH3 is 3. The molecule has 0 bridgehead atoms. The van der Waals surface area contributed by atoms with Gasteiger partial charge in [0.05, 0.1) is 25.3 Å². The summed E-state index contributed by atoms with van der Waals surface area (Å²) in [6.07, 6.45) is -0.574. The van der Waals surface area contributed by atoms with Crippen LogP contribution in [-0.4, -0.2) is 45.0 Å². The summed E-state index contributed by atoms with van der Waals surface area (Å²) in [5.41, 5.74) is 1.09. The Bertz CT molecular complexity index is 549. The quantitative estimate of drug-likeness (QED) is 0.759. The van der Waals surface area contributed by atoms with Gasteiger partial charge in [0.1, 0.15) is 11.8 Å². The average Bonchev–Trinajstić information content (AvgIpc) is 2.76. The highest BCUT2D eigenvalue weighted by atomic mass is 16.7. The van der Waals surface area contributed by atoms with E-state index < -0.39 is 12.3 Å². The highest BCUT2D eigenvalue weighted by molar-refractivity contribution is 6.02. The van der Waals surface area contributed by atoms with Crippen LogP contribution in [0.4, 0.5) is 0 Å². The second-order valence-corrected chi connectivity index (χ2v) is 4.31. The Morgan fingerprint density at radius 2 is 2.05 bits per heavy atom. The topological polar surface area (TPSA) is 71.8 Å². The van der Waals surface area contributed by atoms with E-state index >= 15 is 0 Å². The maximum absolute atomic E-state index is 12.5. The van der Waals surface area contributed by atoms with E-state index in [1.165, 1.54) is 26.2 Å². The lowest BCUT2D eigenvalue weighted by atomic mass is 10.0. The number of carbonyl (C=O) groups is 1. The summed E-state index contributed by atoms with van der Waals surface area (Å²) in [6, 6.07) is 6.73. The van der Waals surface area contributed by atoms with Crippen molar-refractivity contribution in [3.63, 3.8) is 0 Å². The van der Waals surface area contributed by atoms with Gasteiger partial charge in [-0.25, -0.2) is 0 Å². The minimum Gasteiger partial charge on any atom is -0.496 e. The smallest absolute Gasteiger partial charge is 0.259 e. The lowest BCUT2D eigenvalue weighted by molar-refractivity contribution is -0.113. The number of ether oxygens (including phenoxy) is 3. The van der Waals surface area contributed by atoms with Crippen molar-refractivity contribution in [3.05, 3.63) is 29.3 Å². The molecule has 1 amide bonds. The SMILES string of the molecule is COc1cccc2c1C(=O)N(CC(OC)OC)C2C#N. The summed E-state index contributed by atoms with van der Waals surface area (Å²) in [5.74, 6) is 0.227. The summed E-state index contributed by atoms with van der Waals surface area (Å²) in [5, 5.41) is 9.36. The molecule has 1 unspecified atom stereocenters. The van der Waals surface area contributed by atoms with Crippen LogP contribution in [-0.2, 0) is 9.47 Å². The van der Waals surface area contributed by atoms with Crippen molar-refractivity contribution in [1.82, 2.24) is 4.90 Å². The summed E-state index contributed by atoms with van der Waals surface area (Å²) in [4.78, 5) is 13.9. The van der Waals surface area contributed by atoms with Crippen LogP contribution in [0.1, 0.15) is 22.0 Å². The van der Waals surface area contributed by atoms with E-state index in [4.69, 9.17) is 14.2 Å². The van der Waals surface area contributed by atoms with Crippen LogP contribution in [0.2, 0.25) is 0 Å². The van der Waals surface area contributed by atoms with Gasteiger partial charge >= 0.3 is 0 Å². The minimum atomic E-state index is -0.652. The molecule has 1 heterocycles. The largest absolute Gasteiger partial charge is 0.496 e. The molecule has 1 aromatic carbocycles. The maximum atomic E-state index is 12.5. The number of hydrogen-bond donors (Lipinski definition) is 0. The number of nitrogens with zero attached hydrogens (tertiary/aromatic N) is 2. The van der Waals surface area contributed by atoms with Gasteiger partial charge in [-0.05, 0) is 6.07 Å². The van der Waals surface area contributed by atoms with Gasteiger partial charge in [-0.3, -0.25) is 4.79 Å². The molecule has 106 valence electrons. The molecule has 0 aromatic heterocycles. The van der Waals surface area contributed by atoms with Crippen LogP contribution in [0.5, 0.6) is 5.75 Å². The molecular weight excluding hydrogens is 260 g/mol. The summed E-state index contributed by atoms with van der Waals surface area (Å²) >= 11 is 0. The highest BCUT2D eigenvalue weighted by Gasteiger charge is 2.40. The zero-order valence-electron chi connectivity index (χ0n) is 11.6. The summed E-state index contributed by atoms with van der Waals surface area (Å²) in [6.45, 7) is 0.182. The number of amides is 1. The first-order valence-electron chi connectivity index (χ1n) is 6.11. The molecule has 0 spiro atoms. The van der Waals surface area contributed by atoms with E-state index in [9.17, 15) is 10.1 Å². The molecule has 20 heavy (non-hydrogen) atoms. The third-order valence-corrected chi connectivity index (χ3v) is 3.35. The second-order valence-electron chi connectivity index (χ2n) is 4.31. The number of rotatable bonds is 5. The number of carbonyl (C=O) groups excluding carboxylic acids is 1. The van der Waals surface area contributed by atoms with Crippen molar-refractivity contribution in [3.8, 4) is 11.8 Å². The Hall–Kier alpha value is -2.10. The predicted molar refractivity (Wildman–Crippen MR) is 70.2 cm³/mol. The molecule has 0 saturated carbocycles. The number of benzene rings is 1. The molecule has 2 rings (SSSR count). The van der Waals surface area contributed by atoms with E-state index in [1.54, 1.807) is 18.2 Å². The number of fused-ring (bicyclic) bond motifs is 1. The summed E-state index contributed by atoms with van der Waals surface area (Å²) < 4.78 is 15.4. The maximum Gasteiger partial charge on any atom is 0.259 e. The van der Waals surface area contributed by atoms with E-state index in [-0.39, 0.29) is 12.5 Å². The lowest BCUT2D eigenvalue weighted by Crippen LogP contribution is -2.36. The van der Waals surface area contributed by atoms with Crippen LogP contribution in [0, 0.1) is 11.3 Å². The van der Waals surface area contributed by atoms with Crippen LogP contribution in [0.25, 0.3) is 0 Å². The zero-order chi connectivity index (χ0) is 14.7. The first kappa shape index (κ1) is 14.3. The number of hydrogen-bond acceptors (Lipinski definition) is 5. The van der Waals surface area contributed by atoms with Crippen molar-refractivity contribution in [1.29, 1.82) is 5.26 Å². The standard InChI is InChI=1S/C14H16N2O4/c1-18-11-6-4-5-9-10(7-15)16(14(17)13(9)11)8-12(19-2)20-3/h4-6,10,12H,8H2,1-3H3. The van der Waals surface area contributed by atoms with Gasteiger partial charge in [0, 0.05) is 19.8 Å². The molecule has 0 aliphatic carbocycles. The van der Waals surface area contributed by atoms with Crippen LogP contribution in [0.3, 0.4) is 0 Å². The van der Waals surface area contributed by atoms with Gasteiger partial charge < -0.3 is 19.1 Å². The van der Waals surface area contributed by atoms with Crippen LogP contribution in [0.15, 0.2) is 18.2 Å². The van der Waals surface area contributed by atoms with Gasteiger partial charge in [-0.2, -0.15) is 5.26 Å². The monoisotopic (exact) mass is 276 g/mol. The minimum absolute atomic E-state index is 0.182. The van der Waals surface area contributed by atoms with E-state index in [0.29, 0.717) is 16.9 Å². The third-order valence-electron chi connectivity index (χ3n) is 3.35. The van der Waals surface area contributed by atoms with Gasteiger partial charge in [-0.15, -0.1) is 0 Å². The zero-order valence-corrected chi connectivity index (χ0v) is 11.6. The first-order chi connectivity index (χ1) is 9.67. The average molecular weight is 276 g/mol.